The van der Waals surface area contributed by atoms with E-state index >= 15 is 0 Å². The van der Waals surface area contributed by atoms with Crippen LogP contribution in [-0.2, 0) is 36.0 Å². The number of sulfonamides is 2. The van der Waals surface area contributed by atoms with Crippen molar-refractivity contribution in [3.63, 3.8) is 0 Å². The van der Waals surface area contributed by atoms with Crippen molar-refractivity contribution in [3.05, 3.63) is 59.2 Å². The van der Waals surface area contributed by atoms with Crippen molar-refractivity contribution >= 4 is 31.9 Å². The van der Waals surface area contributed by atoms with Crippen molar-refractivity contribution in [2.45, 2.75) is 36.2 Å². The Kier molecular flexibility index (Phi) is 7.54. The number of rotatable bonds is 8. The minimum atomic E-state index is -4.01. The van der Waals surface area contributed by atoms with Gasteiger partial charge in [0.15, 0.2) is 6.10 Å². The van der Waals surface area contributed by atoms with Gasteiger partial charge in [0, 0.05) is 6.54 Å². The molecule has 1 unspecified atom stereocenters. The van der Waals surface area contributed by atoms with Crippen LogP contribution in [0.25, 0.3) is 0 Å². The number of hydrogen-bond acceptors (Lipinski definition) is 7. The fourth-order valence-corrected chi connectivity index (χ4v) is 3.96. The lowest BCUT2D eigenvalue weighted by atomic mass is 10.1. The highest BCUT2D eigenvalue weighted by molar-refractivity contribution is 7.89. The van der Waals surface area contributed by atoms with Crippen LogP contribution in [-0.4, -0.2) is 41.4 Å². The van der Waals surface area contributed by atoms with Gasteiger partial charge in [-0.3, -0.25) is 4.79 Å². The van der Waals surface area contributed by atoms with Crippen LogP contribution in [0.5, 0.6) is 0 Å². The highest BCUT2D eigenvalue weighted by atomic mass is 32.2. The Morgan fingerprint density at radius 2 is 1.61 bits per heavy atom. The van der Waals surface area contributed by atoms with E-state index in [2.05, 4.69) is 5.32 Å². The molecule has 2 aromatic carbocycles. The first-order chi connectivity index (χ1) is 14.3. The molecule has 0 heterocycles. The second-order valence-electron chi connectivity index (χ2n) is 6.80. The molecular weight excluding hydrogens is 446 g/mol. The third kappa shape index (κ3) is 6.85. The lowest BCUT2D eigenvalue weighted by Crippen LogP contribution is -2.37. The SMILES string of the molecule is Cc1ccc(C(=O)OC(C)C(=O)NCCc2ccc(S(N)(=O)=O)cc2)cc1S(N)(=O)=O. The molecular formula is C19H23N3O7S2. The summed E-state index contributed by atoms with van der Waals surface area (Å²) in [6, 6.07) is 9.79. The first kappa shape index (κ1) is 24.5. The molecule has 0 bridgehead atoms. The molecule has 31 heavy (non-hydrogen) atoms. The van der Waals surface area contributed by atoms with E-state index in [9.17, 15) is 26.4 Å². The van der Waals surface area contributed by atoms with Crippen molar-refractivity contribution in [2.24, 2.45) is 10.3 Å². The van der Waals surface area contributed by atoms with E-state index in [1.54, 1.807) is 12.1 Å². The van der Waals surface area contributed by atoms with E-state index in [0.717, 1.165) is 11.6 Å². The number of carbonyl (C=O) groups excluding carboxylic acids is 2. The summed E-state index contributed by atoms with van der Waals surface area (Å²) in [5.74, 6) is -1.42. The molecule has 2 aromatic rings. The number of ether oxygens (including phenoxy) is 1. The van der Waals surface area contributed by atoms with Gasteiger partial charge in [0.05, 0.1) is 15.4 Å². The highest BCUT2D eigenvalue weighted by Crippen LogP contribution is 2.17. The number of nitrogens with one attached hydrogen (secondary N) is 1. The van der Waals surface area contributed by atoms with Crippen molar-refractivity contribution in [3.8, 4) is 0 Å². The van der Waals surface area contributed by atoms with Crippen LogP contribution in [0.15, 0.2) is 52.3 Å². The summed E-state index contributed by atoms with van der Waals surface area (Å²) in [7, 11) is -7.78. The van der Waals surface area contributed by atoms with E-state index < -0.39 is 38.0 Å². The van der Waals surface area contributed by atoms with Crippen LogP contribution in [0.2, 0.25) is 0 Å². The molecule has 0 aliphatic carbocycles. The number of benzene rings is 2. The quantitative estimate of drug-likeness (QED) is 0.462. The normalized spacial score (nSPS) is 12.8. The van der Waals surface area contributed by atoms with E-state index in [-0.39, 0.29) is 21.9 Å². The molecule has 10 nitrogen and oxygen atoms in total. The van der Waals surface area contributed by atoms with Gasteiger partial charge in [0.2, 0.25) is 20.0 Å². The Morgan fingerprint density at radius 1 is 1.00 bits per heavy atom. The average Bonchev–Trinajstić information content (AvgIpc) is 2.66. The third-order valence-corrected chi connectivity index (χ3v) is 6.33. The van der Waals surface area contributed by atoms with E-state index in [0.29, 0.717) is 12.0 Å². The van der Waals surface area contributed by atoms with Gasteiger partial charge in [-0.15, -0.1) is 0 Å². The molecule has 0 saturated carbocycles. The van der Waals surface area contributed by atoms with Gasteiger partial charge in [0.25, 0.3) is 5.91 Å². The van der Waals surface area contributed by atoms with Gasteiger partial charge in [-0.05, 0) is 55.7 Å². The summed E-state index contributed by atoms with van der Waals surface area (Å²) >= 11 is 0. The second kappa shape index (κ2) is 9.56. The molecule has 0 radical (unpaired) electrons. The fourth-order valence-electron chi connectivity index (χ4n) is 2.64. The monoisotopic (exact) mass is 469 g/mol. The van der Waals surface area contributed by atoms with Crippen molar-refractivity contribution < 1.29 is 31.2 Å². The molecule has 1 atom stereocenters. The predicted octanol–water partition coefficient (Wildman–Crippen LogP) is 0.194. The summed E-state index contributed by atoms with van der Waals surface area (Å²) in [5.41, 5.74) is 1.10. The van der Waals surface area contributed by atoms with E-state index in [1.807, 2.05) is 0 Å². The fraction of sp³-hybridized carbons (Fsp3) is 0.263. The molecule has 12 heteroatoms. The molecule has 0 saturated heterocycles. The molecule has 0 aliphatic rings. The van der Waals surface area contributed by atoms with Gasteiger partial charge < -0.3 is 10.1 Å². The summed E-state index contributed by atoms with van der Waals surface area (Å²) in [6.45, 7) is 3.13. The first-order valence-electron chi connectivity index (χ1n) is 9.03. The molecule has 5 N–H and O–H groups in total. The van der Waals surface area contributed by atoms with Crippen LogP contribution < -0.4 is 15.6 Å². The standard InChI is InChI=1S/C19H23N3O7S2/c1-12-3-6-15(11-17(12)31(21,27)28)19(24)29-13(2)18(23)22-10-9-14-4-7-16(8-5-14)30(20,25)26/h3-8,11,13H,9-10H2,1-2H3,(H,22,23)(H2,20,25,26)(H2,21,27,28). The van der Waals surface area contributed by atoms with Gasteiger partial charge in [0.1, 0.15) is 0 Å². The summed E-state index contributed by atoms with van der Waals surface area (Å²) in [6.07, 6.45) is -0.719. The maximum absolute atomic E-state index is 12.3. The van der Waals surface area contributed by atoms with Crippen molar-refractivity contribution in [1.29, 1.82) is 0 Å². The van der Waals surface area contributed by atoms with Gasteiger partial charge >= 0.3 is 5.97 Å². The van der Waals surface area contributed by atoms with Crippen LogP contribution in [0.3, 0.4) is 0 Å². The van der Waals surface area contributed by atoms with Crippen molar-refractivity contribution in [1.82, 2.24) is 5.32 Å². The Labute approximate surface area is 180 Å². The number of esters is 1. The third-order valence-electron chi connectivity index (χ3n) is 4.35. The van der Waals surface area contributed by atoms with E-state index in [4.69, 9.17) is 15.0 Å². The molecule has 0 aromatic heterocycles. The number of nitrogens with two attached hydrogens (primary N) is 2. The van der Waals surface area contributed by atoms with Crippen LogP contribution >= 0.6 is 0 Å². The first-order valence-corrected chi connectivity index (χ1v) is 12.1. The average molecular weight is 470 g/mol. The lowest BCUT2D eigenvalue weighted by Gasteiger charge is -2.14. The summed E-state index contributed by atoms with van der Waals surface area (Å²) in [4.78, 5) is 24.2. The smallest absolute Gasteiger partial charge is 0.338 e. The molecule has 0 aliphatic heterocycles. The zero-order valence-corrected chi connectivity index (χ0v) is 18.5. The molecule has 2 rings (SSSR count). The number of primary sulfonamides is 2. The van der Waals surface area contributed by atoms with Crippen molar-refractivity contribution in [2.75, 3.05) is 6.54 Å². The molecule has 1 amide bonds. The maximum Gasteiger partial charge on any atom is 0.338 e. The topological polar surface area (TPSA) is 176 Å². The van der Waals surface area contributed by atoms with Crippen LogP contribution in [0.1, 0.15) is 28.4 Å². The number of aryl methyl sites for hydroxylation is 1. The van der Waals surface area contributed by atoms with Crippen LogP contribution in [0, 0.1) is 6.92 Å². The Hall–Kier alpha value is -2.80. The lowest BCUT2D eigenvalue weighted by molar-refractivity contribution is -0.129. The van der Waals surface area contributed by atoms with Gasteiger partial charge in [-0.2, -0.15) is 0 Å². The highest BCUT2D eigenvalue weighted by Gasteiger charge is 2.21. The molecule has 168 valence electrons. The van der Waals surface area contributed by atoms with E-state index in [1.165, 1.54) is 38.1 Å². The zero-order chi connectivity index (χ0) is 23.4. The molecule has 0 spiro atoms. The maximum atomic E-state index is 12.3. The van der Waals surface area contributed by atoms with Gasteiger partial charge in [-0.1, -0.05) is 18.2 Å². The van der Waals surface area contributed by atoms with Crippen LogP contribution in [0.4, 0.5) is 0 Å². The largest absolute Gasteiger partial charge is 0.449 e. The Balaban J connectivity index is 1.92. The Bertz CT molecular complexity index is 1190. The number of amides is 1. The zero-order valence-electron chi connectivity index (χ0n) is 16.9. The minimum absolute atomic E-state index is 0.0116. The minimum Gasteiger partial charge on any atom is -0.449 e. The molecule has 0 fully saturated rings. The number of carbonyl (C=O) groups is 2. The number of hydrogen-bond donors (Lipinski definition) is 3. The van der Waals surface area contributed by atoms with Gasteiger partial charge in [-0.25, -0.2) is 31.9 Å². The predicted molar refractivity (Wildman–Crippen MR) is 112 cm³/mol. The summed E-state index contributed by atoms with van der Waals surface area (Å²) < 4.78 is 50.8. The second-order valence-corrected chi connectivity index (χ2v) is 9.89. The Morgan fingerprint density at radius 3 is 2.16 bits per heavy atom. The summed E-state index contributed by atoms with van der Waals surface area (Å²) in [5, 5.41) is 12.8.